The Morgan fingerprint density at radius 2 is 1.79 bits per heavy atom. The standard InChI is InChI=1S/C12H23O6P/c1-3-5-6-7-8-9-10-11-16-19(14,15)18-17-12(13)4-2/h4H,2-3,5-11H2,1H3,(H,14,15). The van der Waals surface area contributed by atoms with Crippen LogP contribution in [0.25, 0.3) is 0 Å². The van der Waals surface area contributed by atoms with Gasteiger partial charge in [-0.3, -0.25) is 9.41 Å². The van der Waals surface area contributed by atoms with E-state index in [4.69, 9.17) is 4.89 Å². The van der Waals surface area contributed by atoms with Gasteiger partial charge in [0, 0.05) is 6.08 Å². The van der Waals surface area contributed by atoms with Crippen LogP contribution in [0.2, 0.25) is 0 Å². The smallest absolute Gasteiger partial charge is 0.300 e. The number of rotatable bonds is 12. The Balaban J connectivity index is 3.50. The molecular weight excluding hydrogens is 271 g/mol. The number of carbonyl (C=O) groups excluding carboxylic acids is 1. The Bertz CT molecular complexity index is 305. The molecule has 0 fully saturated rings. The van der Waals surface area contributed by atoms with Gasteiger partial charge in [-0.25, -0.2) is 9.36 Å². The number of unbranched alkanes of at least 4 members (excludes halogenated alkanes) is 6. The predicted molar refractivity (Wildman–Crippen MR) is 71.1 cm³/mol. The van der Waals surface area contributed by atoms with Crippen molar-refractivity contribution in [1.29, 1.82) is 0 Å². The molecule has 0 aromatic heterocycles. The highest BCUT2D eigenvalue weighted by molar-refractivity contribution is 7.47. The molecule has 1 unspecified atom stereocenters. The van der Waals surface area contributed by atoms with Crippen molar-refractivity contribution in [3.05, 3.63) is 12.7 Å². The highest BCUT2D eigenvalue weighted by Crippen LogP contribution is 2.43. The van der Waals surface area contributed by atoms with Crippen molar-refractivity contribution >= 4 is 13.8 Å². The van der Waals surface area contributed by atoms with E-state index in [1.54, 1.807) is 0 Å². The van der Waals surface area contributed by atoms with Gasteiger partial charge in [0.15, 0.2) is 0 Å². The SMILES string of the molecule is C=CC(=O)OOP(=O)(O)OCCCCCCCCC. The Hall–Kier alpha value is -0.680. The molecule has 0 bridgehead atoms. The van der Waals surface area contributed by atoms with Crippen LogP contribution in [0.3, 0.4) is 0 Å². The molecule has 0 saturated heterocycles. The van der Waals surface area contributed by atoms with Crippen LogP contribution < -0.4 is 0 Å². The minimum atomic E-state index is -4.32. The summed E-state index contributed by atoms with van der Waals surface area (Å²) in [5.74, 6) is -0.950. The van der Waals surface area contributed by atoms with E-state index in [2.05, 4.69) is 27.6 Å². The van der Waals surface area contributed by atoms with E-state index < -0.39 is 13.8 Å². The van der Waals surface area contributed by atoms with Crippen molar-refractivity contribution in [2.24, 2.45) is 0 Å². The molecule has 0 amide bonds. The Morgan fingerprint density at radius 1 is 1.21 bits per heavy atom. The Labute approximate surface area is 114 Å². The van der Waals surface area contributed by atoms with E-state index in [1.165, 1.54) is 19.3 Å². The molecule has 0 aromatic carbocycles. The molecule has 0 rings (SSSR count). The lowest BCUT2D eigenvalue weighted by atomic mass is 10.1. The lowest BCUT2D eigenvalue weighted by molar-refractivity contribution is -0.217. The van der Waals surface area contributed by atoms with Crippen LogP contribution in [0.5, 0.6) is 0 Å². The molecule has 0 aromatic rings. The van der Waals surface area contributed by atoms with Crippen LogP contribution in [-0.2, 0) is 23.4 Å². The van der Waals surface area contributed by atoms with E-state index in [9.17, 15) is 9.36 Å². The molecule has 1 atom stereocenters. The predicted octanol–water partition coefficient (Wildman–Crippen LogP) is 3.51. The van der Waals surface area contributed by atoms with E-state index in [0.717, 1.165) is 25.3 Å². The van der Waals surface area contributed by atoms with Crippen molar-refractivity contribution in [2.75, 3.05) is 6.61 Å². The van der Waals surface area contributed by atoms with Crippen molar-refractivity contribution < 1.29 is 28.3 Å². The first-order valence-electron chi connectivity index (χ1n) is 6.52. The van der Waals surface area contributed by atoms with Crippen molar-refractivity contribution in [1.82, 2.24) is 0 Å². The molecule has 0 saturated carbocycles. The lowest BCUT2D eigenvalue weighted by Gasteiger charge is -2.09. The maximum absolute atomic E-state index is 11.2. The molecule has 7 heteroatoms. The maximum atomic E-state index is 11.2. The van der Waals surface area contributed by atoms with Crippen molar-refractivity contribution in [3.8, 4) is 0 Å². The van der Waals surface area contributed by atoms with Gasteiger partial charge >= 0.3 is 13.8 Å². The van der Waals surface area contributed by atoms with Gasteiger partial charge < -0.3 is 4.89 Å². The molecule has 0 spiro atoms. The van der Waals surface area contributed by atoms with Crippen LogP contribution in [0, 0.1) is 0 Å². The average molecular weight is 294 g/mol. The zero-order valence-corrected chi connectivity index (χ0v) is 12.3. The average Bonchev–Trinajstić information content (AvgIpc) is 2.39. The Kier molecular flexibility index (Phi) is 10.8. The molecule has 0 aliphatic carbocycles. The van der Waals surface area contributed by atoms with Gasteiger partial charge in [-0.15, -0.1) is 0 Å². The van der Waals surface area contributed by atoms with Gasteiger partial charge in [0.2, 0.25) is 0 Å². The third-order valence-electron chi connectivity index (χ3n) is 2.38. The first-order valence-corrected chi connectivity index (χ1v) is 8.01. The van der Waals surface area contributed by atoms with E-state index >= 15 is 0 Å². The summed E-state index contributed by atoms with van der Waals surface area (Å²) in [4.78, 5) is 23.7. The summed E-state index contributed by atoms with van der Waals surface area (Å²) in [5.41, 5.74) is 0. The third-order valence-corrected chi connectivity index (χ3v) is 3.15. The maximum Gasteiger partial charge on any atom is 0.508 e. The summed E-state index contributed by atoms with van der Waals surface area (Å²) < 4.78 is 19.8. The van der Waals surface area contributed by atoms with E-state index in [0.29, 0.717) is 6.42 Å². The van der Waals surface area contributed by atoms with Crippen LogP contribution in [0.4, 0.5) is 0 Å². The molecule has 1 N–H and O–H groups in total. The second-order valence-electron chi connectivity index (χ2n) is 4.10. The number of hydrogen-bond donors (Lipinski definition) is 1. The lowest BCUT2D eigenvalue weighted by Crippen LogP contribution is -2.03. The second-order valence-corrected chi connectivity index (χ2v) is 5.45. The normalized spacial score (nSPS) is 13.8. The second kappa shape index (κ2) is 11.2. The van der Waals surface area contributed by atoms with Crippen LogP contribution in [0.1, 0.15) is 51.9 Å². The minimum Gasteiger partial charge on any atom is -0.300 e. The topological polar surface area (TPSA) is 82.1 Å². The number of phosphoric acid groups is 1. The molecule has 0 radical (unpaired) electrons. The summed E-state index contributed by atoms with van der Waals surface area (Å²) in [6.07, 6.45) is 8.31. The zero-order chi connectivity index (χ0) is 14.6. The summed E-state index contributed by atoms with van der Waals surface area (Å²) >= 11 is 0. The van der Waals surface area contributed by atoms with Gasteiger partial charge in [-0.05, 0) is 6.42 Å². The quantitative estimate of drug-likeness (QED) is 0.195. The fourth-order valence-electron chi connectivity index (χ4n) is 1.38. The molecule has 19 heavy (non-hydrogen) atoms. The summed E-state index contributed by atoms with van der Waals surface area (Å²) in [6, 6.07) is 0. The van der Waals surface area contributed by atoms with Crippen molar-refractivity contribution in [2.45, 2.75) is 51.9 Å². The fourth-order valence-corrected chi connectivity index (χ4v) is 1.95. The molecule has 112 valence electrons. The van der Waals surface area contributed by atoms with Crippen LogP contribution >= 0.6 is 7.82 Å². The van der Waals surface area contributed by atoms with Gasteiger partial charge in [0.05, 0.1) is 6.61 Å². The van der Waals surface area contributed by atoms with Gasteiger partial charge in [0.25, 0.3) is 0 Å². The first-order chi connectivity index (χ1) is 9.02. The zero-order valence-electron chi connectivity index (χ0n) is 11.4. The number of phosphoric ester groups is 1. The first kappa shape index (κ1) is 18.3. The monoisotopic (exact) mass is 294 g/mol. The summed E-state index contributed by atoms with van der Waals surface area (Å²) in [7, 11) is -4.32. The molecule has 0 aliphatic rings. The van der Waals surface area contributed by atoms with E-state index in [1.807, 2.05) is 0 Å². The van der Waals surface area contributed by atoms with Crippen molar-refractivity contribution in [3.63, 3.8) is 0 Å². The third kappa shape index (κ3) is 12.1. The fraction of sp³-hybridized carbons (Fsp3) is 0.750. The van der Waals surface area contributed by atoms with Crippen LogP contribution in [0.15, 0.2) is 12.7 Å². The molecule has 0 heterocycles. The minimum absolute atomic E-state index is 0.0905. The number of carbonyl (C=O) groups is 1. The highest BCUT2D eigenvalue weighted by Gasteiger charge is 2.24. The van der Waals surface area contributed by atoms with Gasteiger partial charge in [-0.1, -0.05) is 56.7 Å². The van der Waals surface area contributed by atoms with Gasteiger partial charge in [0.1, 0.15) is 0 Å². The molecule has 0 aliphatic heterocycles. The molecule has 6 nitrogen and oxygen atoms in total. The molecular formula is C12H23O6P. The number of hydrogen-bond acceptors (Lipinski definition) is 5. The van der Waals surface area contributed by atoms with Gasteiger partial charge in [-0.2, -0.15) is 0 Å². The Morgan fingerprint density at radius 3 is 2.37 bits per heavy atom. The van der Waals surface area contributed by atoms with Crippen LogP contribution in [-0.4, -0.2) is 17.5 Å². The van der Waals surface area contributed by atoms with E-state index in [-0.39, 0.29) is 6.61 Å². The summed E-state index contributed by atoms with van der Waals surface area (Å²) in [5, 5.41) is 0. The largest absolute Gasteiger partial charge is 0.508 e. The summed E-state index contributed by atoms with van der Waals surface area (Å²) in [6.45, 7) is 5.36. The highest BCUT2D eigenvalue weighted by atomic mass is 31.2.